The number of allylic oxidation sites excluding steroid dienone is 1. The number of esters is 1. The Hall–Kier alpha value is -1.78. The van der Waals surface area contributed by atoms with Gasteiger partial charge in [-0.3, -0.25) is 0 Å². The molecule has 0 radical (unpaired) electrons. The highest BCUT2D eigenvalue weighted by Crippen LogP contribution is 2.29. The van der Waals surface area contributed by atoms with Crippen molar-refractivity contribution in [3.05, 3.63) is 47.5 Å². The minimum absolute atomic E-state index is 0.0985. The number of carbonyl (C=O) groups excluding carboxylic acids is 1. The molecule has 1 atom stereocenters. The summed E-state index contributed by atoms with van der Waals surface area (Å²) in [7, 11) is 0. The summed E-state index contributed by atoms with van der Waals surface area (Å²) in [5, 5.41) is 0. The maximum Gasteiger partial charge on any atom is 0.416 e. The van der Waals surface area contributed by atoms with Crippen LogP contribution in [0.4, 0.5) is 13.2 Å². The van der Waals surface area contributed by atoms with E-state index in [0.29, 0.717) is 0 Å². The van der Waals surface area contributed by atoms with Crippen molar-refractivity contribution in [3.8, 4) is 0 Å². The van der Waals surface area contributed by atoms with Crippen molar-refractivity contribution in [2.24, 2.45) is 0 Å². The molecule has 0 spiro atoms. The number of hydrogen-bond donors (Lipinski definition) is 0. The fourth-order valence-corrected chi connectivity index (χ4v) is 1.71. The van der Waals surface area contributed by atoms with E-state index in [9.17, 15) is 18.0 Å². The van der Waals surface area contributed by atoms with Crippen LogP contribution in [-0.4, -0.2) is 12.1 Å². The molecule has 2 nitrogen and oxygen atoms in total. The van der Waals surface area contributed by atoms with E-state index in [1.807, 2.05) is 6.08 Å². The van der Waals surface area contributed by atoms with Gasteiger partial charge in [-0.05, 0) is 37.6 Å². The van der Waals surface area contributed by atoms with Crippen molar-refractivity contribution >= 4 is 5.97 Å². The van der Waals surface area contributed by atoms with E-state index in [0.717, 1.165) is 31.4 Å². The van der Waals surface area contributed by atoms with E-state index in [-0.39, 0.29) is 5.56 Å². The second kappa shape index (κ2) is 7.86. The third-order valence-electron chi connectivity index (χ3n) is 2.85. The molecule has 0 saturated carbocycles. The molecule has 0 aliphatic heterocycles. The molecular weight excluding hydrogens is 281 g/mol. The van der Waals surface area contributed by atoms with Crippen LogP contribution in [0.3, 0.4) is 0 Å². The summed E-state index contributed by atoms with van der Waals surface area (Å²) < 4.78 is 42.8. The van der Waals surface area contributed by atoms with Gasteiger partial charge in [-0.25, -0.2) is 4.79 Å². The summed E-state index contributed by atoms with van der Waals surface area (Å²) in [4.78, 5) is 11.8. The van der Waals surface area contributed by atoms with Crippen molar-refractivity contribution in [1.29, 1.82) is 0 Å². The Morgan fingerprint density at radius 1 is 1.38 bits per heavy atom. The molecule has 21 heavy (non-hydrogen) atoms. The summed E-state index contributed by atoms with van der Waals surface area (Å²) in [6.45, 7) is 3.75. The van der Waals surface area contributed by atoms with Gasteiger partial charge in [-0.2, -0.15) is 13.2 Å². The molecule has 0 N–H and O–H groups in total. The van der Waals surface area contributed by atoms with Crippen LogP contribution in [0.2, 0.25) is 0 Å². The highest BCUT2D eigenvalue weighted by molar-refractivity contribution is 5.89. The number of unbranched alkanes of at least 4 members (excludes halogenated alkanes) is 2. The van der Waals surface area contributed by atoms with Gasteiger partial charge >= 0.3 is 12.1 Å². The second-order valence-corrected chi connectivity index (χ2v) is 4.76. The Bertz CT molecular complexity index is 493. The molecule has 5 heteroatoms. The monoisotopic (exact) mass is 300 g/mol. The number of hydrogen-bond acceptors (Lipinski definition) is 2. The van der Waals surface area contributed by atoms with Gasteiger partial charge in [-0.15, -0.1) is 0 Å². The fraction of sp³-hybridized carbons (Fsp3) is 0.438. The standard InChI is InChI=1S/C16H19F3O2/c1-3-4-5-6-8-12(2)21-15(20)13-9-7-10-14(11-13)16(17,18)19/h6-12H,3-5H2,1-2H3/b8-6+. The van der Waals surface area contributed by atoms with Gasteiger partial charge in [-0.1, -0.05) is 31.9 Å². The van der Waals surface area contributed by atoms with Crippen LogP contribution in [0.25, 0.3) is 0 Å². The minimum atomic E-state index is -4.47. The number of halogens is 3. The minimum Gasteiger partial charge on any atom is -0.455 e. The van der Waals surface area contributed by atoms with Gasteiger partial charge in [0.1, 0.15) is 6.10 Å². The zero-order chi connectivity index (χ0) is 15.9. The van der Waals surface area contributed by atoms with Gasteiger partial charge in [0.2, 0.25) is 0 Å². The zero-order valence-electron chi connectivity index (χ0n) is 12.1. The highest BCUT2D eigenvalue weighted by Gasteiger charge is 2.31. The smallest absolute Gasteiger partial charge is 0.416 e. The van der Waals surface area contributed by atoms with Crippen LogP contribution in [0.1, 0.15) is 49.0 Å². The van der Waals surface area contributed by atoms with Crippen molar-refractivity contribution in [1.82, 2.24) is 0 Å². The number of ether oxygens (including phenoxy) is 1. The van der Waals surface area contributed by atoms with Crippen molar-refractivity contribution in [3.63, 3.8) is 0 Å². The molecule has 116 valence electrons. The molecule has 0 aliphatic rings. The maximum atomic E-state index is 12.6. The average molecular weight is 300 g/mol. The van der Waals surface area contributed by atoms with Gasteiger partial charge in [0, 0.05) is 0 Å². The van der Waals surface area contributed by atoms with Crippen LogP contribution >= 0.6 is 0 Å². The predicted octanol–water partition coefficient (Wildman–Crippen LogP) is 5.00. The lowest BCUT2D eigenvalue weighted by atomic mass is 10.1. The Morgan fingerprint density at radius 3 is 2.71 bits per heavy atom. The molecule has 0 bridgehead atoms. The fourth-order valence-electron chi connectivity index (χ4n) is 1.71. The average Bonchev–Trinajstić information content (AvgIpc) is 2.43. The lowest BCUT2D eigenvalue weighted by Gasteiger charge is -2.11. The Kier molecular flexibility index (Phi) is 6.46. The zero-order valence-corrected chi connectivity index (χ0v) is 12.1. The first-order chi connectivity index (χ1) is 9.84. The molecule has 0 aromatic heterocycles. The van der Waals surface area contributed by atoms with Crippen molar-refractivity contribution in [2.75, 3.05) is 0 Å². The van der Waals surface area contributed by atoms with E-state index in [1.165, 1.54) is 12.1 Å². The molecule has 1 unspecified atom stereocenters. The molecule has 0 fully saturated rings. The Labute approximate surface area is 122 Å². The van der Waals surface area contributed by atoms with Crippen LogP contribution in [0.15, 0.2) is 36.4 Å². The van der Waals surface area contributed by atoms with Gasteiger partial charge in [0.15, 0.2) is 0 Å². The third-order valence-corrected chi connectivity index (χ3v) is 2.85. The quantitative estimate of drug-likeness (QED) is 0.420. The Balaban J connectivity index is 2.65. The molecule has 1 rings (SSSR count). The van der Waals surface area contributed by atoms with E-state index in [1.54, 1.807) is 13.0 Å². The number of carbonyl (C=O) groups is 1. The van der Waals surface area contributed by atoms with Crippen LogP contribution in [0, 0.1) is 0 Å². The van der Waals surface area contributed by atoms with Crippen molar-refractivity contribution in [2.45, 2.75) is 45.4 Å². The lowest BCUT2D eigenvalue weighted by molar-refractivity contribution is -0.137. The summed E-state index contributed by atoms with van der Waals surface area (Å²) in [6, 6.07) is 4.23. The molecule has 1 aromatic rings. The predicted molar refractivity (Wildman–Crippen MR) is 75.0 cm³/mol. The molecule has 0 heterocycles. The molecule has 0 aliphatic carbocycles. The largest absolute Gasteiger partial charge is 0.455 e. The number of alkyl halides is 3. The first-order valence-electron chi connectivity index (χ1n) is 6.89. The summed E-state index contributed by atoms with van der Waals surface area (Å²) >= 11 is 0. The molecule has 0 amide bonds. The molecular formula is C16H19F3O2. The maximum absolute atomic E-state index is 12.6. The number of benzene rings is 1. The van der Waals surface area contributed by atoms with Gasteiger partial charge in [0.05, 0.1) is 11.1 Å². The molecule has 1 aromatic carbocycles. The number of rotatable bonds is 6. The van der Waals surface area contributed by atoms with Crippen LogP contribution in [0.5, 0.6) is 0 Å². The van der Waals surface area contributed by atoms with E-state index >= 15 is 0 Å². The lowest BCUT2D eigenvalue weighted by Crippen LogP contribution is -2.14. The van der Waals surface area contributed by atoms with E-state index in [4.69, 9.17) is 4.74 Å². The van der Waals surface area contributed by atoms with Gasteiger partial charge < -0.3 is 4.74 Å². The third kappa shape index (κ3) is 6.02. The van der Waals surface area contributed by atoms with E-state index < -0.39 is 23.8 Å². The summed E-state index contributed by atoms with van der Waals surface area (Å²) in [6.07, 6.45) is 1.72. The van der Waals surface area contributed by atoms with Crippen molar-refractivity contribution < 1.29 is 22.7 Å². The SMILES string of the molecule is CCCC/C=C/C(C)OC(=O)c1cccc(C(F)(F)F)c1. The normalized spacial score (nSPS) is 13.4. The molecule has 0 saturated heterocycles. The first-order valence-corrected chi connectivity index (χ1v) is 6.89. The van der Waals surface area contributed by atoms with Gasteiger partial charge in [0.25, 0.3) is 0 Å². The summed E-state index contributed by atoms with van der Waals surface area (Å²) in [5.41, 5.74) is -0.957. The highest BCUT2D eigenvalue weighted by atomic mass is 19.4. The topological polar surface area (TPSA) is 26.3 Å². The van der Waals surface area contributed by atoms with E-state index in [2.05, 4.69) is 6.92 Å². The second-order valence-electron chi connectivity index (χ2n) is 4.76. The summed E-state index contributed by atoms with van der Waals surface area (Å²) in [5.74, 6) is -0.756. The van der Waals surface area contributed by atoms with Crippen LogP contribution in [-0.2, 0) is 10.9 Å². The van der Waals surface area contributed by atoms with Crippen LogP contribution < -0.4 is 0 Å². The Morgan fingerprint density at radius 2 is 2.10 bits per heavy atom. The first kappa shape index (κ1) is 17.3.